The normalized spacial score (nSPS) is 14.3. The van der Waals surface area contributed by atoms with Crippen LogP contribution in [0.1, 0.15) is 35.2 Å². The Kier molecular flexibility index (Phi) is 5.14. The molecule has 1 aliphatic rings. The van der Waals surface area contributed by atoms with Gasteiger partial charge in [-0.2, -0.15) is 0 Å². The zero-order valence-corrected chi connectivity index (χ0v) is 15.3. The largest absolute Gasteiger partial charge is 0.356 e. The van der Waals surface area contributed by atoms with Gasteiger partial charge in [-0.15, -0.1) is 0 Å². The Bertz CT molecular complexity index is 1020. The summed E-state index contributed by atoms with van der Waals surface area (Å²) in [7, 11) is 0. The molecule has 1 aliphatic heterocycles. The Morgan fingerprint density at radius 1 is 1.04 bits per heavy atom. The lowest BCUT2D eigenvalue weighted by Crippen LogP contribution is -2.30. The number of piperidine rings is 1. The Morgan fingerprint density at radius 2 is 1.86 bits per heavy atom. The number of anilines is 1. The van der Waals surface area contributed by atoms with Crippen LogP contribution >= 0.6 is 0 Å². The van der Waals surface area contributed by atoms with Crippen molar-refractivity contribution in [2.75, 3.05) is 18.0 Å². The molecule has 2 aromatic carbocycles. The van der Waals surface area contributed by atoms with Gasteiger partial charge in [0, 0.05) is 36.1 Å². The minimum Gasteiger partial charge on any atom is -0.356 e. The topological polar surface area (TPSA) is 58.1 Å². The van der Waals surface area contributed by atoms with E-state index in [2.05, 4.69) is 20.2 Å². The fraction of sp³-hybridized carbons (Fsp3) is 0.286. The van der Waals surface area contributed by atoms with Crippen molar-refractivity contribution in [1.29, 1.82) is 0 Å². The highest BCUT2D eigenvalue weighted by atomic mass is 19.1. The highest BCUT2D eigenvalue weighted by Gasteiger charge is 2.17. The van der Waals surface area contributed by atoms with Gasteiger partial charge in [0.25, 0.3) is 5.91 Å². The van der Waals surface area contributed by atoms with Crippen LogP contribution in [0.25, 0.3) is 10.9 Å². The van der Waals surface area contributed by atoms with Crippen molar-refractivity contribution in [2.24, 2.45) is 0 Å². The molecule has 2 heterocycles. The maximum atomic E-state index is 13.7. The number of halogens is 2. The van der Waals surface area contributed by atoms with Crippen molar-refractivity contribution in [3.05, 3.63) is 65.5 Å². The van der Waals surface area contributed by atoms with Gasteiger partial charge in [0.2, 0.25) is 0 Å². The van der Waals surface area contributed by atoms with Crippen LogP contribution in [-0.2, 0) is 6.54 Å². The SMILES string of the molecule is O=C(NCc1cc(F)ccc1F)c1ccc2ncnc(N3CCCCC3)c2c1. The molecule has 0 aliphatic carbocycles. The summed E-state index contributed by atoms with van der Waals surface area (Å²) in [5, 5.41) is 3.46. The lowest BCUT2D eigenvalue weighted by Gasteiger charge is -2.28. The molecule has 3 aromatic rings. The molecule has 1 saturated heterocycles. The summed E-state index contributed by atoms with van der Waals surface area (Å²) in [5.74, 6) is -0.629. The smallest absolute Gasteiger partial charge is 0.251 e. The van der Waals surface area contributed by atoms with E-state index in [1.165, 1.54) is 6.42 Å². The Balaban J connectivity index is 1.58. The third-order valence-electron chi connectivity index (χ3n) is 4.98. The molecule has 0 saturated carbocycles. The summed E-state index contributed by atoms with van der Waals surface area (Å²) in [5.41, 5.74) is 1.30. The van der Waals surface area contributed by atoms with Gasteiger partial charge in [-0.25, -0.2) is 18.7 Å². The molecule has 5 nitrogen and oxygen atoms in total. The van der Waals surface area contributed by atoms with Crippen LogP contribution in [0.4, 0.5) is 14.6 Å². The average Bonchev–Trinajstić information content (AvgIpc) is 2.74. The first-order valence-electron chi connectivity index (χ1n) is 9.33. The zero-order valence-electron chi connectivity index (χ0n) is 15.3. The second kappa shape index (κ2) is 7.88. The van der Waals surface area contributed by atoms with Crippen LogP contribution in [0, 0.1) is 11.6 Å². The van der Waals surface area contributed by atoms with Crippen LogP contribution < -0.4 is 10.2 Å². The number of hydrogen-bond donors (Lipinski definition) is 1. The summed E-state index contributed by atoms with van der Waals surface area (Å²) >= 11 is 0. The van der Waals surface area contributed by atoms with E-state index in [1.807, 2.05) is 0 Å². The quantitative estimate of drug-likeness (QED) is 0.745. The highest BCUT2D eigenvalue weighted by molar-refractivity contribution is 6.00. The molecular weight excluding hydrogens is 362 g/mol. The molecule has 1 aromatic heterocycles. The van der Waals surface area contributed by atoms with E-state index in [0.717, 1.165) is 60.9 Å². The van der Waals surface area contributed by atoms with E-state index >= 15 is 0 Å². The van der Waals surface area contributed by atoms with Crippen LogP contribution in [0.5, 0.6) is 0 Å². The van der Waals surface area contributed by atoms with Gasteiger partial charge in [-0.3, -0.25) is 4.79 Å². The molecule has 144 valence electrons. The summed E-state index contributed by atoms with van der Waals surface area (Å²) < 4.78 is 27.0. The first-order valence-corrected chi connectivity index (χ1v) is 9.33. The molecular formula is C21H20F2N4O. The molecule has 0 atom stereocenters. The minimum absolute atomic E-state index is 0.0925. The van der Waals surface area contributed by atoms with Gasteiger partial charge < -0.3 is 10.2 Å². The maximum Gasteiger partial charge on any atom is 0.251 e. The van der Waals surface area contributed by atoms with E-state index in [-0.39, 0.29) is 18.0 Å². The van der Waals surface area contributed by atoms with E-state index < -0.39 is 11.6 Å². The second-order valence-electron chi connectivity index (χ2n) is 6.90. The van der Waals surface area contributed by atoms with Gasteiger partial charge >= 0.3 is 0 Å². The van der Waals surface area contributed by atoms with E-state index in [4.69, 9.17) is 0 Å². The molecule has 0 spiro atoms. The molecule has 1 amide bonds. The maximum absolute atomic E-state index is 13.7. The minimum atomic E-state index is -0.555. The van der Waals surface area contributed by atoms with Crippen molar-refractivity contribution >= 4 is 22.6 Å². The first kappa shape index (κ1) is 18.3. The van der Waals surface area contributed by atoms with Crippen LogP contribution in [0.15, 0.2) is 42.7 Å². The highest BCUT2D eigenvalue weighted by Crippen LogP contribution is 2.26. The third-order valence-corrected chi connectivity index (χ3v) is 4.98. The number of nitrogens with zero attached hydrogens (tertiary/aromatic N) is 3. The molecule has 28 heavy (non-hydrogen) atoms. The van der Waals surface area contributed by atoms with Gasteiger partial charge in [0.1, 0.15) is 23.8 Å². The third kappa shape index (κ3) is 3.78. The lowest BCUT2D eigenvalue weighted by atomic mass is 10.1. The number of carbonyl (C=O) groups is 1. The molecule has 1 fully saturated rings. The van der Waals surface area contributed by atoms with E-state index in [1.54, 1.807) is 24.5 Å². The molecule has 4 rings (SSSR count). The average molecular weight is 382 g/mol. The second-order valence-corrected chi connectivity index (χ2v) is 6.90. The molecule has 0 unspecified atom stereocenters. The first-order chi connectivity index (χ1) is 13.6. The fourth-order valence-corrected chi connectivity index (χ4v) is 3.50. The summed E-state index contributed by atoms with van der Waals surface area (Å²) in [6.07, 6.45) is 4.98. The van der Waals surface area contributed by atoms with Crippen molar-refractivity contribution < 1.29 is 13.6 Å². The molecule has 0 radical (unpaired) electrons. The van der Waals surface area contributed by atoms with E-state index in [9.17, 15) is 13.6 Å². The number of fused-ring (bicyclic) bond motifs is 1. The fourth-order valence-electron chi connectivity index (χ4n) is 3.50. The number of carbonyl (C=O) groups excluding carboxylic acids is 1. The predicted molar refractivity (Wildman–Crippen MR) is 103 cm³/mol. The predicted octanol–water partition coefficient (Wildman–Crippen LogP) is 3.83. The Hall–Kier alpha value is -3.09. The van der Waals surface area contributed by atoms with Crippen LogP contribution in [0.2, 0.25) is 0 Å². The van der Waals surface area contributed by atoms with Crippen LogP contribution in [0.3, 0.4) is 0 Å². The summed E-state index contributed by atoms with van der Waals surface area (Å²) in [6, 6.07) is 8.39. The number of amides is 1. The van der Waals surface area contributed by atoms with Crippen molar-refractivity contribution in [2.45, 2.75) is 25.8 Å². The van der Waals surface area contributed by atoms with Gasteiger partial charge in [-0.1, -0.05) is 0 Å². The zero-order chi connectivity index (χ0) is 19.5. The summed E-state index contributed by atoms with van der Waals surface area (Å²) in [4.78, 5) is 23.5. The molecule has 1 N–H and O–H groups in total. The summed E-state index contributed by atoms with van der Waals surface area (Å²) in [6.45, 7) is 1.77. The van der Waals surface area contributed by atoms with Crippen LogP contribution in [-0.4, -0.2) is 29.0 Å². The van der Waals surface area contributed by atoms with Gasteiger partial charge in [0.15, 0.2) is 0 Å². The van der Waals surface area contributed by atoms with Crippen molar-refractivity contribution in [3.8, 4) is 0 Å². The van der Waals surface area contributed by atoms with E-state index in [0.29, 0.717) is 5.56 Å². The number of benzene rings is 2. The molecule has 7 heteroatoms. The number of rotatable bonds is 4. The standard InChI is InChI=1S/C21H20F2N4O/c22-16-5-6-18(23)15(10-16)12-24-21(28)14-4-7-19-17(11-14)20(26-13-25-19)27-8-2-1-3-9-27/h4-7,10-11,13H,1-3,8-9,12H2,(H,24,28). The Morgan fingerprint density at radius 3 is 2.68 bits per heavy atom. The molecule has 0 bridgehead atoms. The van der Waals surface area contributed by atoms with Crippen molar-refractivity contribution in [1.82, 2.24) is 15.3 Å². The number of hydrogen-bond acceptors (Lipinski definition) is 4. The number of nitrogens with one attached hydrogen (secondary N) is 1. The van der Waals surface area contributed by atoms with Crippen molar-refractivity contribution in [3.63, 3.8) is 0 Å². The lowest BCUT2D eigenvalue weighted by molar-refractivity contribution is 0.0950. The van der Waals surface area contributed by atoms with Gasteiger partial charge in [-0.05, 0) is 55.7 Å². The Labute approximate surface area is 161 Å². The number of aromatic nitrogens is 2. The van der Waals surface area contributed by atoms with Gasteiger partial charge in [0.05, 0.1) is 5.52 Å². The monoisotopic (exact) mass is 382 g/mol.